The lowest BCUT2D eigenvalue weighted by molar-refractivity contribution is -0.137. The SMILES string of the molecule is Cc1cccc(CNC(=O)COc2ccc(S(=O)(=O)Nc3cccc(C(F)(F)F)c3)cc2)c1. The van der Waals surface area contributed by atoms with E-state index in [0.717, 1.165) is 23.3 Å². The Labute approximate surface area is 189 Å². The standard InChI is InChI=1S/C23H21F3N2O4S/c1-16-4-2-5-17(12-16)14-27-22(29)15-32-20-8-10-21(11-9-20)33(30,31)28-19-7-3-6-18(13-19)23(24,25)26/h2-13,28H,14-15H2,1H3,(H,27,29). The fraction of sp³-hybridized carbons (Fsp3) is 0.174. The number of rotatable bonds is 8. The van der Waals surface area contributed by atoms with E-state index in [0.29, 0.717) is 12.6 Å². The number of alkyl halides is 3. The molecule has 3 rings (SSSR count). The van der Waals surface area contributed by atoms with Gasteiger partial charge in [0.1, 0.15) is 5.75 Å². The third kappa shape index (κ3) is 6.98. The van der Waals surface area contributed by atoms with Crippen molar-refractivity contribution in [2.24, 2.45) is 0 Å². The second kappa shape index (κ2) is 9.95. The van der Waals surface area contributed by atoms with Crippen molar-refractivity contribution < 1.29 is 31.1 Å². The summed E-state index contributed by atoms with van der Waals surface area (Å²) in [6, 6.07) is 16.8. The highest BCUT2D eigenvalue weighted by atomic mass is 32.2. The first-order valence-electron chi connectivity index (χ1n) is 9.78. The normalized spacial score (nSPS) is 11.6. The first-order chi connectivity index (χ1) is 15.5. The summed E-state index contributed by atoms with van der Waals surface area (Å²) in [5.41, 5.74) is 0.851. The Morgan fingerprint density at radius 3 is 2.33 bits per heavy atom. The van der Waals surface area contributed by atoms with Gasteiger partial charge in [-0.3, -0.25) is 9.52 Å². The molecular formula is C23H21F3N2O4S. The molecule has 0 saturated carbocycles. The summed E-state index contributed by atoms with van der Waals surface area (Å²) in [5, 5.41) is 2.72. The molecule has 10 heteroatoms. The van der Waals surface area contributed by atoms with Crippen LogP contribution in [0.4, 0.5) is 18.9 Å². The van der Waals surface area contributed by atoms with E-state index < -0.39 is 21.8 Å². The Hall–Kier alpha value is -3.53. The fourth-order valence-corrected chi connectivity index (χ4v) is 3.96. The number of halogens is 3. The molecular weight excluding hydrogens is 457 g/mol. The molecule has 33 heavy (non-hydrogen) atoms. The van der Waals surface area contributed by atoms with Gasteiger partial charge < -0.3 is 10.1 Å². The van der Waals surface area contributed by atoms with E-state index in [1.165, 1.54) is 30.3 Å². The summed E-state index contributed by atoms with van der Waals surface area (Å²) in [7, 11) is -4.12. The molecule has 0 saturated heterocycles. The van der Waals surface area contributed by atoms with Gasteiger partial charge in [0, 0.05) is 12.2 Å². The zero-order valence-corrected chi connectivity index (χ0v) is 18.3. The molecule has 0 aliphatic carbocycles. The van der Waals surface area contributed by atoms with Crippen LogP contribution in [-0.4, -0.2) is 20.9 Å². The number of carbonyl (C=O) groups is 1. The number of hydrogen-bond donors (Lipinski definition) is 2. The minimum absolute atomic E-state index is 0.170. The number of sulfonamides is 1. The monoisotopic (exact) mass is 478 g/mol. The molecule has 0 aromatic heterocycles. The highest BCUT2D eigenvalue weighted by Gasteiger charge is 2.30. The van der Waals surface area contributed by atoms with Crippen molar-refractivity contribution in [3.05, 3.63) is 89.5 Å². The van der Waals surface area contributed by atoms with Crippen molar-refractivity contribution in [3.63, 3.8) is 0 Å². The van der Waals surface area contributed by atoms with E-state index in [9.17, 15) is 26.4 Å². The Balaban J connectivity index is 1.56. The number of ether oxygens (including phenoxy) is 1. The second-order valence-electron chi connectivity index (χ2n) is 7.21. The Morgan fingerprint density at radius 1 is 0.970 bits per heavy atom. The van der Waals surface area contributed by atoms with Gasteiger partial charge in [0.15, 0.2) is 6.61 Å². The number of anilines is 1. The van der Waals surface area contributed by atoms with Crippen LogP contribution in [0.2, 0.25) is 0 Å². The molecule has 0 fully saturated rings. The first kappa shape index (κ1) is 24.1. The van der Waals surface area contributed by atoms with Gasteiger partial charge in [-0.1, -0.05) is 35.9 Å². The molecule has 1 amide bonds. The minimum Gasteiger partial charge on any atom is -0.484 e. The van der Waals surface area contributed by atoms with E-state index in [1.54, 1.807) is 0 Å². The summed E-state index contributed by atoms with van der Waals surface area (Å²) in [6.07, 6.45) is -4.59. The first-order valence-corrected chi connectivity index (χ1v) is 11.3. The van der Waals surface area contributed by atoms with Gasteiger partial charge >= 0.3 is 6.18 Å². The molecule has 174 valence electrons. The number of hydrogen-bond acceptors (Lipinski definition) is 4. The van der Waals surface area contributed by atoms with Crippen molar-refractivity contribution >= 4 is 21.6 Å². The molecule has 0 heterocycles. The van der Waals surface area contributed by atoms with Crippen LogP contribution < -0.4 is 14.8 Å². The average Bonchev–Trinajstić information content (AvgIpc) is 2.76. The lowest BCUT2D eigenvalue weighted by atomic mass is 10.1. The van der Waals surface area contributed by atoms with Crippen molar-refractivity contribution in [2.45, 2.75) is 24.5 Å². The largest absolute Gasteiger partial charge is 0.484 e. The maximum Gasteiger partial charge on any atom is 0.416 e. The Kier molecular flexibility index (Phi) is 7.27. The number of benzene rings is 3. The van der Waals surface area contributed by atoms with Gasteiger partial charge in [0.2, 0.25) is 0 Å². The Bertz CT molecular complexity index is 1230. The minimum atomic E-state index is -4.59. The van der Waals surface area contributed by atoms with Crippen LogP contribution in [0, 0.1) is 6.92 Å². The second-order valence-corrected chi connectivity index (χ2v) is 8.89. The molecule has 0 atom stereocenters. The number of amides is 1. The maximum absolute atomic E-state index is 12.8. The van der Waals surface area contributed by atoms with Crippen LogP contribution in [0.15, 0.2) is 77.7 Å². The third-order valence-corrected chi connectivity index (χ3v) is 5.92. The van der Waals surface area contributed by atoms with Crippen LogP contribution in [0.1, 0.15) is 16.7 Å². The smallest absolute Gasteiger partial charge is 0.416 e. The molecule has 6 nitrogen and oxygen atoms in total. The highest BCUT2D eigenvalue weighted by molar-refractivity contribution is 7.92. The van der Waals surface area contributed by atoms with E-state index >= 15 is 0 Å². The van der Waals surface area contributed by atoms with Crippen LogP contribution >= 0.6 is 0 Å². The van der Waals surface area contributed by atoms with Crippen molar-refractivity contribution in [1.82, 2.24) is 5.32 Å². The molecule has 0 aliphatic heterocycles. The van der Waals surface area contributed by atoms with Crippen LogP contribution in [0.25, 0.3) is 0 Å². The van der Waals surface area contributed by atoms with Gasteiger partial charge in [-0.05, 0) is 55.0 Å². The molecule has 2 N–H and O–H groups in total. The predicted molar refractivity (Wildman–Crippen MR) is 117 cm³/mol. The predicted octanol–water partition coefficient (Wildman–Crippen LogP) is 4.51. The van der Waals surface area contributed by atoms with Crippen molar-refractivity contribution in [2.75, 3.05) is 11.3 Å². The third-order valence-electron chi connectivity index (χ3n) is 4.52. The average molecular weight is 478 g/mol. The van der Waals surface area contributed by atoms with Crippen LogP contribution in [0.5, 0.6) is 5.75 Å². The maximum atomic E-state index is 12.8. The van der Waals surface area contributed by atoms with Crippen LogP contribution in [0.3, 0.4) is 0 Å². The van der Waals surface area contributed by atoms with E-state index in [4.69, 9.17) is 4.74 Å². The molecule has 0 radical (unpaired) electrons. The summed E-state index contributed by atoms with van der Waals surface area (Å²) in [4.78, 5) is 11.8. The molecule has 0 aliphatic rings. The van der Waals surface area contributed by atoms with Crippen molar-refractivity contribution in [3.8, 4) is 5.75 Å². The summed E-state index contributed by atoms with van der Waals surface area (Å²) in [5.74, 6) is -0.0851. The molecule has 0 unspecified atom stereocenters. The van der Waals surface area contributed by atoms with Gasteiger partial charge in [-0.2, -0.15) is 13.2 Å². The topological polar surface area (TPSA) is 84.5 Å². The highest BCUT2D eigenvalue weighted by Crippen LogP contribution is 2.31. The van der Waals surface area contributed by atoms with Gasteiger partial charge in [-0.25, -0.2) is 8.42 Å². The van der Waals surface area contributed by atoms with Gasteiger partial charge in [-0.15, -0.1) is 0 Å². The van der Waals surface area contributed by atoms with Crippen LogP contribution in [-0.2, 0) is 27.5 Å². The summed E-state index contributed by atoms with van der Waals surface area (Å²) in [6.45, 7) is 2.04. The lowest BCUT2D eigenvalue weighted by Gasteiger charge is -2.12. The molecule has 0 bridgehead atoms. The lowest BCUT2D eigenvalue weighted by Crippen LogP contribution is -2.28. The zero-order valence-electron chi connectivity index (χ0n) is 17.5. The number of aryl methyl sites for hydroxylation is 1. The Morgan fingerprint density at radius 2 is 1.67 bits per heavy atom. The van der Waals surface area contributed by atoms with Gasteiger partial charge in [0.25, 0.3) is 15.9 Å². The number of carbonyl (C=O) groups excluding carboxylic acids is 1. The molecule has 0 spiro atoms. The summed E-state index contributed by atoms with van der Waals surface area (Å²) < 4.78 is 70.9. The zero-order chi connectivity index (χ0) is 24.1. The molecule has 3 aromatic rings. The summed E-state index contributed by atoms with van der Waals surface area (Å²) >= 11 is 0. The van der Waals surface area contributed by atoms with E-state index in [1.807, 2.05) is 31.2 Å². The van der Waals surface area contributed by atoms with E-state index in [-0.39, 0.29) is 28.8 Å². The quantitative estimate of drug-likeness (QED) is 0.499. The van der Waals surface area contributed by atoms with E-state index in [2.05, 4.69) is 10.0 Å². The van der Waals surface area contributed by atoms with Gasteiger partial charge in [0.05, 0.1) is 10.5 Å². The molecule has 3 aromatic carbocycles. The van der Waals surface area contributed by atoms with Crippen molar-refractivity contribution in [1.29, 1.82) is 0 Å². The fourth-order valence-electron chi connectivity index (χ4n) is 2.91. The number of nitrogens with one attached hydrogen (secondary N) is 2.